The van der Waals surface area contributed by atoms with Crippen molar-refractivity contribution in [1.29, 1.82) is 0 Å². The lowest BCUT2D eigenvalue weighted by molar-refractivity contribution is -0.870. The third-order valence-electron chi connectivity index (χ3n) is 10.3. The van der Waals surface area contributed by atoms with Crippen LogP contribution in [0.25, 0.3) is 0 Å². The van der Waals surface area contributed by atoms with Crippen molar-refractivity contribution in [2.75, 3.05) is 54.1 Å². The van der Waals surface area contributed by atoms with E-state index in [-0.39, 0.29) is 32.2 Å². The number of quaternary nitrogens is 1. The van der Waals surface area contributed by atoms with Crippen LogP contribution in [0.15, 0.2) is 72.9 Å². The summed E-state index contributed by atoms with van der Waals surface area (Å²) in [5.74, 6) is -0.346. The molecule has 0 aromatic rings. The van der Waals surface area contributed by atoms with E-state index in [2.05, 4.69) is 86.8 Å². The molecule has 0 radical (unpaired) electrons. The van der Waals surface area contributed by atoms with E-state index >= 15 is 0 Å². The van der Waals surface area contributed by atoms with Crippen LogP contribution in [-0.4, -0.2) is 75.6 Å². The Balaban J connectivity index is 4.24. The fourth-order valence-corrected chi connectivity index (χ4v) is 7.20. The zero-order valence-corrected chi connectivity index (χ0v) is 41.0. The molecule has 0 heterocycles. The fraction of sp³-hybridized carbons (Fsp3) is 0.750. The minimum Gasteiger partial charge on any atom is -0.457 e. The monoisotopic (exact) mass is 877 g/mol. The summed E-state index contributed by atoms with van der Waals surface area (Å²) < 4.78 is 35.1. The molecule has 0 aromatic carbocycles. The molecule has 0 saturated heterocycles. The second-order valence-corrected chi connectivity index (χ2v) is 18.9. The maximum absolute atomic E-state index is 12.7. The van der Waals surface area contributed by atoms with Crippen LogP contribution in [0.3, 0.4) is 0 Å². The van der Waals surface area contributed by atoms with Crippen LogP contribution < -0.4 is 0 Å². The number of carbonyl (C=O) groups is 1. The van der Waals surface area contributed by atoms with Crippen LogP contribution in [0.5, 0.6) is 0 Å². The van der Waals surface area contributed by atoms with Gasteiger partial charge in [-0.2, -0.15) is 0 Å². The third kappa shape index (κ3) is 48.8. The molecule has 0 saturated carbocycles. The molecule has 0 aromatic heterocycles. The van der Waals surface area contributed by atoms with E-state index in [1.54, 1.807) is 0 Å². The molecule has 0 fully saturated rings. The minimum atomic E-state index is -4.29. The van der Waals surface area contributed by atoms with E-state index in [1.165, 1.54) is 103 Å². The summed E-state index contributed by atoms with van der Waals surface area (Å²) in [6, 6.07) is 0. The first-order chi connectivity index (χ1) is 29.6. The number of nitrogens with zero attached hydrogens (tertiary/aromatic N) is 1. The first-order valence-electron chi connectivity index (χ1n) is 24.7. The molecule has 354 valence electrons. The Kier molecular flexibility index (Phi) is 43.0. The number of ether oxygens (including phenoxy) is 2. The van der Waals surface area contributed by atoms with E-state index in [0.29, 0.717) is 17.6 Å². The molecule has 2 atom stereocenters. The van der Waals surface area contributed by atoms with Crippen molar-refractivity contribution in [2.45, 2.75) is 200 Å². The summed E-state index contributed by atoms with van der Waals surface area (Å²) in [4.78, 5) is 23.0. The van der Waals surface area contributed by atoms with Gasteiger partial charge in [-0.25, -0.2) is 4.57 Å². The fourth-order valence-electron chi connectivity index (χ4n) is 6.46. The maximum atomic E-state index is 12.7. The number of phosphoric acid groups is 1. The second-order valence-electron chi connectivity index (χ2n) is 17.5. The highest BCUT2D eigenvalue weighted by Gasteiger charge is 2.26. The molecule has 0 aliphatic rings. The number of phosphoric ester groups is 1. The Bertz CT molecular complexity index is 1200. The van der Waals surface area contributed by atoms with Gasteiger partial charge in [-0.05, 0) is 83.5 Å². The van der Waals surface area contributed by atoms with Crippen LogP contribution >= 0.6 is 7.82 Å². The van der Waals surface area contributed by atoms with Gasteiger partial charge in [0.2, 0.25) is 0 Å². The van der Waals surface area contributed by atoms with Gasteiger partial charge in [0.25, 0.3) is 0 Å². The topological polar surface area (TPSA) is 91.3 Å². The Morgan fingerprint density at radius 2 is 0.951 bits per heavy atom. The second kappa shape index (κ2) is 44.5. The molecule has 0 rings (SSSR count). The number of likely N-dealkylation sites (N-methyl/N-ethyl adjacent to an activating group) is 1. The zero-order valence-electron chi connectivity index (χ0n) is 40.1. The SMILES string of the molecule is CC/C=C\C/C=C\C/C=C\C/C=C\C/C=C\CCCCCC(=O)OC(COCCCCCCCCCCCC/C=C\CCCCCCCC)COP(=O)(O)OCC[N+](C)(C)C. The lowest BCUT2D eigenvalue weighted by Gasteiger charge is -2.24. The molecule has 0 amide bonds. The third-order valence-corrected chi connectivity index (χ3v) is 11.2. The Morgan fingerprint density at radius 1 is 0.525 bits per heavy atom. The summed E-state index contributed by atoms with van der Waals surface area (Å²) in [6.45, 7) is 5.46. The molecule has 0 aliphatic heterocycles. The maximum Gasteiger partial charge on any atom is 0.472 e. The van der Waals surface area contributed by atoms with Gasteiger partial charge in [0, 0.05) is 13.0 Å². The Hall–Kier alpha value is -2.06. The van der Waals surface area contributed by atoms with Crippen molar-refractivity contribution in [3.8, 4) is 0 Å². The Morgan fingerprint density at radius 3 is 1.44 bits per heavy atom. The first kappa shape index (κ1) is 58.9. The lowest BCUT2D eigenvalue weighted by atomic mass is 10.1. The van der Waals surface area contributed by atoms with Crippen molar-refractivity contribution in [2.24, 2.45) is 0 Å². The van der Waals surface area contributed by atoms with Crippen molar-refractivity contribution in [3.63, 3.8) is 0 Å². The predicted octanol–water partition coefficient (Wildman–Crippen LogP) is 15.1. The van der Waals surface area contributed by atoms with Gasteiger partial charge in [0.05, 0.1) is 34.4 Å². The normalized spacial score (nSPS) is 14.3. The van der Waals surface area contributed by atoms with Gasteiger partial charge in [-0.3, -0.25) is 13.8 Å². The highest BCUT2D eigenvalue weighted by molar-refractivity contribution is 7.47. The Labute approximate surface area is 376 Å². The van der Waals surface area contributed by atoms with Crippen LogP contribution in [-0.2, 0) is 27.9 Å². The van der Waals surface area contributed by atoms with Crippen molar-refractivity contribution >= 4 is 13.8 Å². The van der Waals surface area contributed by atoms with E-state index in [9.17, 15) is 14.3 Å². The van der Waals surface area contributed by atoms with Crippen molar-refractivity contribution < 1.29 is 37.3 Å². The molecule has 9 heteroatoms. The van der Waals surface area contributed by atoms with Gasteiger partial charge < -0.3 is 18.9 Å². The number of unbranched alkanes of at least 4 members (excludes halogenated alkanes) is 19. The van der Waals surface area contributed by atoms with E-state index in [1.807, 2.05) is 21.1 Å². The highest BCUT2D eigenvalue weighted by atomic mass is 31.2. The summed E-state index contributed by atoms with van der Waals surface area (Å²) in [6.07, 6.45) is 58.0. The molecule has 0 spiro atoms. The number of carbonyl (C=O) groups excluding carboxylic acids is 1. The first-order valence-corrected chi connectivity index (χ1v) is 26.2. The quantitative estimate of drug-likeness (QED) is 0.0214. The van der Waals surface area contributed by atoms with Crippen LogP contribution in [0.2, 0.25) is 0 Å². The molecule has 0 bridgehead atoms. The van der Waals surface area contributed by atoms with E-state index in [4.69, 9.17) is 18.5 Å². The van der Waals surface area contributed by atoms with Crippen molar-refractivity contribution in [1.82, 2.24) is 0 Å². The average Bonchev–Trinajstić information content (AvgIpc) is 3.22. The van der Waals surface area contributed by atoms with Crippen LogP contribution in [0, 0.1) is 0 Å². The van der Waals surface area contributed by atoms with Gasteiger partial charge >= 0.3 is 13.8 Å². The van der Waals surface area contributed by atoms with Gasteiger partial charge in [0.1, 0.15) is 19.3 Å². The summed E-state index contributed by atoms with van der Waals surface area (Å²) >= 11 is 0. The minimum absolute atomic E-state index is 0.0785. The number of esters is 1. The molecule has 61 heavy (non-hydrogen) atoms. The van der Waals surface area contributed by atoms with Crippen LogP contribution in [0.1, 0.15) is 194 Å². The predicted molar refractivity (Wildman–Crippen MR) is 261 cm³/mol. The van der Waals surface area contributed by atoms with E-state index in [0.717, 1.165) is 70.6 Å². The average molecular weight is 877 g/mol. The lowest BCUT2D eigenvalue weighted by Crippen LogP contribution is -2.37. The molecule has 8 nitrogen and oxygen atoms in total. The van der Waals surface area contributed by atoms with Gasteiger partial charge in [0.15, 0.2) is 0 Å². The molecule has 2 unspecified atom stereocenters. The largest absolute Gasteiger partial charge is 0.472 e. The molecular formula is C52H95NO7P+. The van der Waals surface area contributed by atoms with Gasteiger partial charge in [-0.1, -0.05) is 177 Å². The number of allylic oxidation sites excluding steroid dienone is 12. The van der Waals surface area contributed by atoms with E-state index < -0.39 is 13.9 Å². The molecule has 0 aliphatic carbocycles. The summed E-state index contributed by atoms with van der Waals surface area (Å²) in [5, 5.41) is 0. The summed E-state index contributed by atoms with van der Waals surface area (Å²) in [7, 11) is 1.64. The highest BCUT2D eigenvalue weighted by Crippen LogP contribution is 2.43. The number of hydrogen-bond donors (Lipinski definition) is 1. The molecular weight excluding hydrogens is 782 g/mol. The van der Waals surface area contributed by atoms with Crippen LogP contribution in [0.4, 0.5) is 0 Å². The number of rotatable bonds is 45. The summed E-state index contributed by atoms with van der Waals surface area (Å²) in [5.41, 5.74) is 0. The zero-order chi connectivity index (χ0) is 44.8. The van der Waals surface area contributed by atoms with Gasteiger partial charge in [-0.15, -0.1) is 0 Å². The molecule has 1 N–H and O–H groups in total. The standard InChI is InChI=1S/C52H94NO7P/c1-6-8-10-12-14-16-18-20-22-24-26-28-30-32-34-36-38-40-42-44-47-57-49-51(50-59-61(55,56)58-48-46-53(3,4)5)60-52(54)45-43-41-39-37-35-33-31-29-27-25-23-21-19-17-15-13-11-9-7-2/h9,11,15,17,20-23,27,29,33,35,51H,6-8,10,12-14,16,18-19,24-26,28,30-32,34,36-50H2,1-5H3/p+1/b11-9-,17-15-,22-20-,23-21-,29-27-,35-33-. The smallest absolute Gasteiger partial charge is 0.457 e. The van der Waals surface area contributed by atoms with Crippen molar-refractivity contribution in [3.05, 3.63) is 72.9 Å². The number of hydrogen-bond acceptors (Lipinski definition) is 6.